The van der Waals surface area contributed by atoms with Crippen molar-refractivity contribution in [3.05, 3.63) is 64.1 Å². The average molecular weight is 376 g/mol. The average Bonchev–Trinajstić information content (AvgIpc) is 2.45. The van der Waals surface area contributed by atoms with Crippen LogP contribution in [0.2, 0.25) is 0 Å². The van der Waals surface area contributed by atoms with Crippen molar-refractivity contribution in [1.82, 2.24) is 0 Å². The Bertz CT molecular complexity index is 581. The molecule has 0 spiro atoms. The number of benzene rings is 2. The van der Waals surface area contributed by atoms with E-state index in [1.54, 1.807) is 11.8 Å². The van der Waals surface area contributed by atoms with E-state index in [1.807, 2.05) is 24.3 Å². The smallest absolute Gasteiger partial charge is 0.323 e. The number of hydrogen-bond acceptors (Lipinski definition) is 2. The predicted molar refractivity (Wildman–Crippen MR) is 83.2 cm³/mol. The van der Waals surface area contributed by atoms with Crippen LogP contribution in [-0.4, -0.2) is 5.75 Å². The summed E-state index contributed by atoms with van der Waals surface area (Å²) in [6.07, 6.45) is -4.31. The van der Waals surface area contributed by atoms with Crippen LogP contribution in [-0.2, 0) is 6.18 Å². The molecule has 112 valence electrons. The first-order valence-corrected chi connectivity index (χ1v) is 7.95. The lowest BCUT2D eigenvalue weighted by atomic mass is 10.1. The zero-order valence-electron chi connectivity index (χ0n) is 10.9. The fourth-order valence-corrected chi connectivity index (χ4v) is 2.89. The molecule has 0 amide bonds. The lowest BCUT2D eigenvalue weighted by molar-refractivity contribution is -0.137. The van der Waals surface area contributed by atoms with Gasteiger partial charge in [-0.15, -0.1) is 11.8 Å². The maximum absolute atomic E-state index is 12.5. The summed E-state index contributed by atoms with van der Waals surface area (Å²) in [5.41, 5.74) is 6.07. The van der Waals surface area contributed by atoms with Crippen LogP contribution in [0, 0.1) is 0 Å². The first-order valence-electron chi connectivity index (χ1n) is 6.17. The second-order valence-electron chi connectivity index (χ2n) is 4.49. The van der Waals surface area contributed by atoms with E-state index in [0.717, 1.165) is 21.5 Å². The van der Waals surface area contributed by atoms with Crippen molar-refractivity contribution < 1.29 is 13.2 Å². The van der Waals surface area contributed by atoms with Crippen LogP contribution in [0.1, 0.15) is 17.2 Å². The zero-order chi connectivity index (χ0) is 15.5. The monoisotopic (exact) mass is 375 g/mol. The van der Waals surface area contributed by atoms with Crippen LogP contribution < -0.4 is 5.73 Å². The summed E-state index contributed by atoms with van der Waals surface area (Å²) in [5, 5.41) is 0. The van der Waals surface area contributed by atoms with Crippen molar-refractivity contribution in [2.24, 2.45) is 5.73 Å². The Labute approximate surface area is 133 Å². The third-order valence-electron chi connectivity index (χ3n) is 2.91. The summed E-state index contributed by atoms with van der Waals surface area (Å²) >= 11 is 4.93. The van der Waals surface area contributed by atoms with E-state index >= 15 is 0 Å². The van der Waals surface area contributed by atoms with Gasteiger partial charge in [0.2, 0.25) is 0 Å². The van der Waals surface area contributed by atoms with Crippen LogP contribution in [0.25, 0.3) is 0 Å². The molecule has 2 aromatic carbocycles. The molecule has 1 atom stereocenters. The molecule has 0 heterocycles. The third-order valence-corrected chi connectivity index (χ3v) is 4.57. The van der Waals surface area contributed by atoms with E-state index in [-0.39, 0.29) is 6.04 Å². The topological polar surface area (TPSA) is 26.0 Å². The Morgan fingerprint density at radius 2 is 1.57 bits per heavy atom. The van der Waals surface area contributed by atoms with Crippen LogP contribution in [0.3, 0.4) is 0 Å². The molecule has 2 N–H and O–H groups in total. The van der Waals surface area contributed by atoms with Gasteiger partial charge in [0, 0.05) is 21.2 Å². The fourth-order valence-electron chi connectivity index (χ4n) is 1.73. The Morgan fingerprint density at radius 1 is 1.00 bits per heavy atom. The van der Waals surface area contributed by atoms with E-state index in [4.69, 9.17) is 5.73 Å². The largest absolute Gasteiger partial charge is 0.416 e. The van der Waals surface area contributed by atoms with Gasteiger partial charge in [0.25, 0.3) is 0 Å². The molecule has 1 unspecified atom stereocenters. The van der Waals surface area contributed by atoms with Gasteiger partial charge < -0.3 is 5.73 Å². The predicted octanol–water partition coefficient (Wildman–Crippen LogP) is 5.26. The standard InChI is InChI=1S/C15H13BrF3NS/c16-12-5-7-13(8-6-12)21-9-14(20)10-1-3-11(4-2-10)15(17,18)19/h1-8,14H,9,20H2. The number of thioether (sulfide) groups is 1. The van der Waals surface area contributed by atoms with Gasteiger partial charge in [-0.25, -0.2) is 0 Å². The molecular weight excluding hydrogens is 363 g/mol. The minimum absolute atomic E-state index is 0.305. The summed E-state index contributed by atoms with van der Waals surface area (Å²) in [4.78, 5) is 1.07. The maximum atomic E-state index is 12.5. The minimum atomic E-state index is -4.31. The van der Waals surface area contributed by atoms with Gasteiger partial charge in [-0.05, 0) is 42.0 Å². The van der Waals surface area contributed by atoms with E-state index < -0.39 is 11.7 Å². The number of rotatable bonds is 4. The molecule has 0 saturated heterocycles. The molecule has 6 heteroatoms. The van der Waals surface area contributed by atoms with E-state index in [0.29, 0.717) is 11.3 Å². The van der Waals surface area contributed by atoms with Crippen LogP contribution in [0.4, 0.5) is 13.2 Å². The Hall–Kier alpha value is -0.980. The van der Waals surface area contributed by atoms with Gasteiger partial charge in [-0.3, -0.25) is 0 Å². The zero-order valence-corrected chi connectivity index (χ0v) is 13.3. The van der Waals surface area contributed by atoms with E-state index in [2.05, 4.69) is 15.9 Å². The number of halogens is 4. The summed E-state index contributed by atoms with van der Waals surface area (Å²) < 4.78 is 38.4. The molecule has 2 rings (SSSR count). The molecule has 21 heavy (non-hydrogen) atoms. The summed E-state index contributed by atoms with van der Waals surface area (Å²) in [5.74, 6) is 0.604. The molecule has 0 aliphatic carbocycles. The second kappa shape index (κ2) is 6.85. The highest BCUT2D eigenvalue weighted by Crippen LogP contribution is 2.30. The summed E-state index contributed by atoms with van der Waals surface area (Å²) in [7, 11) is 0. The molecule has 0 aliphatic heterocycles. The normalized spacial score (nSPS) is 13.2. The van der Waals surface area contributed by atoms with Crippen molar-refractivity contribution in [2.75, 3.05) is 5.75 Å². The Balaban J connectivity index is 1.97. The lowest BCUT2D eigenvalue weighted by Crippen LogP contribution is -2.13. The van der Waals surface area contributed by atoms with Crippen molar-refractivity contribution in [2.45, 2.75) is 17.1 Å². The maximum Gasteiger partial charge on any atom is 0.416 e. The fraction of sp³-hybridized carbons (Fsp3) is 0.200. The first-order chi connectivity index (χ1) is 9.86. The molecule has 0 fully saturated rings. The highest BCUT2D eigenvalue weighted by atomic mass is 79.9. The molecule has 2 aromatic rings. The number of hydrogen-bond donors (Lipinski definition) is 1. The summed E-state index contributed by atoms with van der Waals surface area (Å²) in [6.45, 7) is 0. The van der Waals surface area contributed by atoms with Crippen molar-refractivity contribution in [3.63, 3.8) is 0 Å². The highest BCUT2D eigenvalue weighted by Gasteiger charge is 2.30. The first kappa shape index (κ1) is 16.4. The lowest BCUT2D eigenvalue weighted by Gasteiger charge is -2.13. The third kappa shape index (κ3) is 4.76. The van der Waals surface area contributed by atoms with Gasteiger partial charge >= 0.3 is 6.18 Å². The highest BCUT2D eigenvalue weighted by molar-refractivity contribution is 9.10. The van der Waals surface area contributed by atoms with Crippen LogP contribution >= 0.6 is 27.7 Å². The molecule has 1 nitrogen and oxygen atoms in total. The van der Waals surface area contributed by atoms with E-state index in [1.165, 1.54) is 12.1 Å². The Kier molecular flexibility index (Phi) is 5.35. The second-order valence-corrected chi connectivity index (χ2v) is 6.50. The molecule has 0 bridgehead atoms. The molecule has 0 saturated carbocycles. The van der Waals surface area contributed by atoms with E-state index in [9.17, 15) is 13.2 Å². The molecular formula is C15H13BrF3NS. The van der Waals surface area contributed by atoms with Crippen molar-refractivity contribution >= 4 is 27.7 Å². The quantitative estimate of drug-likeness (QED) is 0.737. The van der Waals surface area contributed by atoms with Gasteiger partial charge in [0.1, 0.15) is 0 Å². The van der Waals surface area contributed by atoms with Crippen molar-refractivity contribution in [1.29, 1.82) is 0 Å². The van der Waals surface area contributed by atoms with Crippen LogP contribution in [0.5, 0.6) is 0 Å². The minimum Gasteiger partial charge on any atom is -0.323 e. The van der Waals surface area contributed by atoms with Gasteiger partial charge in [-0.1, -0.05) is 28.1 Å². The number of alkyl halides is 3. The van der Waals surface area contributed by atoms with Gasteiger partial charge in [-0.2, -0.15) is 13.2 Å². The van der Waals surface area contributed by atoms with Crippen molar-refractivity contribution in [3.8, 4) is 0 Å². The van der Waals surface area contributed by atoms with Gasteiger partial charge in [0.05, 0.1) is 5.56 Å². The SMILES string of the molecule is NC(CSc1ccc(Br)cc1)c1ccc(C(F)(F)F)cc1. The summed E-state index contributed by atoms with van der Waals surface area (Å²) in [6, 6.07) is 12.5. The van der Waals surface area contributed by atoms with Crippen LogP contribution in [0.15, 0.2) is 57.9 Å². The molecule has 0 aliphatic rings. The number of nitrogens with two attached hydrogens (primary N) is 1. The Morgan fingerprint density at radius 3 is 2.10 bits per heavy atom. The molecule has 0 radical (unpaired) electrons. The molecule has 0 aromatic heterocycles. The van der Waals surface area contributed by atoms with Gasteiger partial charge in [0.15, 0.2) is 0 Å².